The third kappa shape index (κ3) is 2.11. The first-order valence-corrected chi connectivity index (χ1v) is 5.22. The van der Waals surface area contributed by atoms with Crippen LogP contribution < -0.4 is 0 Å². The summed E-state index contributed by atoms with van der Waals surface area (Å²) in [7, 11) is 0. The molecule has 0 saturated carbocycles. The standard InChI is InChI=1S/C13H10O6/c14-6-4-9(16)11(10(17)5-6)13(19)7-2-1-3-8(15)12(7)18/h1-5,14-18H. The summed E-state index contributed by atoms with van der Waals surface area (Å²) in [6.45, 7) is 0. The third-order valence-corrected chi connectivity index (χ3v) is 2.57. The lowest BCUT2D eigenvalue weighted by Gasteiger charge is -2.09. The van der Waals surface area contributed by atoms with Gasteiger partial charge in [-0.15, -0.1) is 0 Å². The normalized spacial score (nSPS) is 10.3. The first kappa shape index (κ1) is 12.6. The van der Waals surface area contributed by atoms with Gasteiger partial charge in [0.25, 0.3) is 0 Å². The molecule has 98 valence electrons. The van der Waals surface area contributed by atoms with Crippen molar-refractivity contribution >= 4 is 5.78 Å². The molecule has 0 atom stereocenters. The Kier molecular flexibility index (Phi) is 2.92. The Bertz CT molecular complexity index is 639. The Morgan fingerprint density at radius 3 is 2.00 bits per heavy atom. The van der Waals surface area contributed by atoms with E-state index in [0.29, 0.717) is 0 Å². The number of rotatable bonds is 2. The van der Waals surface area contributed by atoms with Crippen LogP contribution in [0.15, 0.2) is 30.3 Å². The summed E-state index contributed by atoms with van der Waals surface area (Å²) < 4.78 is 0. The highest BCUT2D eigenvalue weighted by molar-refractivity contribution is 6.14. The van der Waals surface area contributed by atoms with Gasteiger partial charge in [-0.2, -0.15) is 0 Å². The van der Waals surface area contributed by atoms with Gasteiger partial charge in [-0.3, -0.25) is 4.79 Å². The fourth-order valence-corrected chi connectivity index (χ4v) is 1.68. The van der Waals surface area contributed by atoms with Crippen molar-refractivity contribution in [3.63, 3.8) is 0 Å². The van der Waals surface area contributed by atoms with E-state index in [4.69, 9.17) is 5.11 Å². The Labute approximate surface area is 107 Å². The van der Waals surface area contributed by atoms with E-state index in [0.717, 1.165) is 12.1 Å². The smallest absolute Gasteiger partial charge is 0.204 e. The topological polar surface area (TPSA) is 118 Å². The third-order valence-electron chi connectivity index (χ3n) is 2.57. The zero-order valence-corrected chi connectivity index (χ0v) is 9.53. The number of hydrogen-bond acceptors (Lipinski definition) is 6. The predicted molar refractivity (Wildman–Crippen MR) is 64.6 cm³/mol. The van der Waals surface area contributed by atoms with Crippen LogP contribution in [0.1, 0.15) is 15.9 Å². The van der Waals surface area contributed by atoms with Crippen molar-refractivity contribution in [2.75, 3.05) is 0 Å². The van der Waals surface area contributed by atoms with E-state index in [1.54, 1.807) is 0 Å². The molecule has 0 saturated heterocycles. The fraction of sp³-hybridized carbons (Fsp3) is 0. The molecular formula is C13H10O6. The van der Waals surface area contributed by atoms with Gasteiger partial charge in [-0.05, 0) is 12.1 Å². The molecule has 6 heteroatoms. The van der Waals surface area contributed by atoms with Crippen LogP contribution in [0.25, 0.3) is 0 Å². The van der Waals surface area contributed by atoms with Crippen LogP contribution in [0.3, 0.4) is 0 Å². The van der Waals surface area contributed by atoms with E-state index in [2.05, 4.69) is 0 Å². The molecule has 0 aliphatic heterocycles. The Hall–Kier alpha value is -2.89. The zero-order chi connectivity index (χ0) is 14.2. The second-order valence-corrected chi connectivity index (χ2v) is 3.86. The molecule has 6 nitrogen and oxygen atoms in total. The molecule has 5 N–H and O–H groups in total. The maximum Gasteiger partial charge on any atom is 0.204 e. The number of benzene rings is 2. The van der Waals surface area contributed by atoms with Crippen LogP contribution >= 0.6 is 0 Å². The quantitative estimate of drug-likeness (QED) is 0.413. The number of aromatic hydroxyl groups is 5. The van der Waals surface area contributed by atoms with Gasteiger partial charge in [0.05, 0.1) is 5.56 Å². The summed E-state index contributed by atoms with van der Waals surface area (Å²) in [5.74, 6) is -3.71. The van der Waals surface area contributed by atoms with Crippen molar-refractivity contribution in [1.82, 2.24) is 0 Å². The molecular weight excluding hydrogens is 252 g/mol. The van der Waals surface area contributed by atoms with Gasteiger partial charge >= 0.3 is 0 Å². The molecule has 0 aliphatic carbocycles. The number of carbonyl (C=O) groups is 1. The molecule has 0 unspecified atom stereocenters. The average molecular weight is 262 g/mol. The Balaban J connectivity index is 2.60. The van der Waals surface area contributed by atoms with Gasteiger partial charge in [-0.1, -0.05) is 6.07 Å². The van der Waals surface area contributed by atoms with E-state index in [-0.39, 0.29) is 5.56 Å². The molecule has 0 radical (unpaired) electrons. The summed E-state index contributed by atoms with van der Waals surface area (Å²) in [6.07, 6.45) is 0. The second-order valence-electron chi connectivity index (χ2n) is 3.86. The average Bonchev–Trinajstić information content (AvgIpc) is 2.31. The van der Waals surface area contributed by atoms with E-state index in [9.17, 15) is 25.2 Å². The maximum absolute atomic E-state index is 12.1. The van der Waals surface area contributed by atoms with Crippen molar-refractivity contribution in [1.29, 1.82) is 0 Å². The fourth-order valence-electron chi connectivity index (χ4n) is 1.68. The van der Waals surface area contributed by atoms with Crippen LogP contribution in [0.4, 0.5) is 0 Å². The minimum atomic E-state index is -0.886. The number of phenols is 5. The number of para-hydroxylation sites is 1. The number of phenolic OH excluding ortho intramolecular Hbond substituents is 5. The van der Waals surface area contributed by atoms with Crippen molar-refractivity contribution in [3.8, 4) is 28.7 Å². The Morgan fingerprint density at radius 2 is 1.42 bits per heavy atom. The van der Waals surface area contributed by atoms with Crippen molar-refractivity contribution < 1.29 is 30.3 Å². The molecule has 19 heavy (non-hydrogen) atoms. The van der Waals surface area contributed by atoms with E-state index in [1.165, 1.54) is 18.2 Å². The molecule has 0 fully saturated rings. The minimum absolute atomic E-state index is 0.281. The van der Waals surface area contributed by atoms with Gasteiger partial charge in [0, 0.05) is 12.1 Å². The summed E-state index contributed by atoms with van der Waals surface area (Å²) in [4.78, 5) is 12.1. The van der Waals surface area contributed by atoms with Gasteiger partial charge < -0.3 is 25.5 Å². The lowest BCUT2D eigenvalue weighted by molar-refractivity contribution is 0.103. The van der Waals surface area contributed by atoms with Gasteiger partial charge in [0.1, 0.15) is 22.8 Å². The van der Waals surface area contributed by atoms with Gasteiger partial charge in [-0.25, -0.2) is 0 Å². The van der Waals surface area contributed by atoms with Crippen molar-refractivity contribution in [3.05, 3.63) is 41.5 Å². The van der Waals surface area contributed by atoms with Gasteiger partial charge in [0.15, 0.2) is 11.5 Å². The Morgan fingerprint density at radius 1 is 0.842 bits per heavy atom. The largest absolute Gasteiger partial charge is 0.508 e. The second kappa shape index (κ2) is 4.41. The molecule has 0 spiro atoms. The molecule has 2 aromatic rings. The van der Waals surface area contributed by atoms with E-state index in [1.807, 2.05) is 0 Å². The highest BCUT2D eigenvalue weighted by Crippen LogP contribution is 2.37. The molecule has 0 aromatic heterocycles. The lowest BCUT2D eigenvalue weighted by Crippen LogP contribution is -2.02. The SMILES string of the molecule is O=C(c1cccc(O)c1O)c1c(O)cc(O)cc1O. The van der Waals surface area contributed by atoms with E-state index >= 15 is 0 Å². The number of ketones is 1. The summed E-state index contributed by atoms with van der Waals surface area (Å²) in [5.41, 5.74) is -0.755. The molecule has 2 rings (SSSR count). The van der Waals surface area contributed by atoms with Crippen LogP contribution in [0.5, 0.6) is 28.7 Å². The zero-order valence-electron chi connectivity index (χ0n) is 9.53. The lowest BCUT2D eigenvalue weighted by atomic mass is 10.00. The first-order chi connectivity index (χ1) is 8.91. The number of carbonyl (C=O) groups excluding carboxylic acids is 1. The van der Waals surface area contributed by atoms with Crippen molar-refractivity contribution in [2.45, 2.75) is 0 Å². The summed E-state index contributed by atoms with van der Waals surface area (Å²) >= 11 is 0. The van der Waals surface area contributed by atoms with Gasteiger partial charge in [0.2, 0.25) is 5.78 Å². The van der Waals surface area contributed by atoms with Crippen LogP contribution in [-0.2, 0) is 0 Å². The molecule has 2 aromatic carbocycles. The summed E-state index contributed by atoms with van der Waals surface area (Å²) in [5, 5.41) is 47.2. The first-order valence-electron chi connectivity index (χ1n) is 5.22. The minimum Gasteiger partial charge on any atom is -0.508 e. The van der Waals surface area contributed by atoms with E-state index < -0.39 is 40.1 Å². The molecule has 0 heterocycles. The highest BCUT2D eigenvalue weighted by atomic mass is 16.3. The van der Waals surface area contributed by atoms with Crippen molar-refractivity contribution in [2.24, 2.45) is 0 Å². The molecule has 0 amide bonds. The molecule has 0 aliphatic rings. The monoisotopic (exact) mass is 262 g/mol. The predicted octanol–water partition coefficient (Wildman–Crippen LogP) is 1.45. The van der Waals surface area contributed by atoms with Crippen LogP contribution in [-0.4, -0.2) is 31.3 Å². The van der Waals surface area contributed by atoms with Crippen LogP contribution in [0.2, 0.25) is 0 Å². The highest BCUT2D eigenvalue weighted by Gasteiger charge is 2.22. The maximum atomic E-state index is 12.1. The van der Waals surface area contributed by atoms with Crippen LogP contribution in [0, 0.1) is 0 Å². The molecule has 0 bridgehead atoms. The number of hydrogen-bond donors (Lipinski definition) is 5. The summed E-state index contributed by atoms with van der Waals surface area (Å²) in [6, 6.07) is 5.50.